The second-order valence-corrected chi connectivity index (χ2v) is 6.06. The molecule has 96 valence electrons. The average molecular weight is 232 g/mol. The van der Waals surface area contributed by atoms with Crippen LogP contribution >= 0.6 is 0 Å². The number of fused-ring (bicyclic) bond motifs is 2. The lowest BCUT2D eigenvalue weighted by atomic mass is 9.85. The smallest absolute Gasteiger partial charge is 0.0137 e. The Kier molecular flexibility index (Phi) is 4.88. The Morgan fingerprint density at radius 3 is 2.47 bits per heavy atom. The minimum Gasteiger partial charge on any atom is -0.0996 e. The first-order valence-corrected chi connectivity index (χ1v) is 7.67. The molecule has 0 heteroatoms. The van der Waals surface area contributed by atoms with Gasteiger partial charge in [-0.2, -0.15) is 0 Å². The van der Waals surface area contributed by atoms with E-state index in [2.05, 4.69) is 25.7 Å². The predicted molar refractivity (Wildman–Crippen MR) is 76.0 cm³/mol. The van der Waals surface area contributed by atoms with Gasteiger partial charge in [-0.05, 0) is 43.4 Å². The van der Waals surface area contributed by atoms with E-state index in [0.717, 1.165) is 17.8 Å². The lowest BCUT2D eigenvalue weighted by Gasteiger charge is -2.20. The summed E-state index contributed by atoms with van der Waals surface area (Å²) in [6.45, 7) is 6.64. The van der Waals surface area contributed by atoms with Gasteiger partial charge in [-0.3, -0.25) is 0 Å². The van der Waals surface area contributed by atoms with E-state index in [1.165, 1.54) is 57.8 Å². The van der Waals surface area contributed by atoms with Gasteiger partial charge in [0.05, 0.1) is 0 Å². The highest BCUT2D eigenvalue weighted by molar-refractivity contribution is 5.18. The second kappa shape index (κ2) is 6.42. The van der Waals surface area contributed by atoms with E-state index in [-0.39, 0.29) is 0 Å². The molecule has 0 saturated heterocycles. The third-order valence-corrected chi connectivity index (χ3v) is 4.65. The highest BCUT2D eigenvalue weighted by Crippen LogP contribution is 2.47. The fraction of sp³-hybridized carbons (Fsp3) is 0.765. The highest BCUT2D eigenvalue weighted by atomic mass is 14.4. The molecule has 0 amide bonds. The Balaban J connectivity index is 1.57. The zero-order valence-corrected chi connectivity index (χ0v) is 11.5. The Hall–Kier alpha value is -0.520. The Bertz CT molecular complexity index is 274. The molecule has 0 nitrogen and oxygen atoms in total. The van der Waals surface area contributed by atoms with E-state index >= 15 is 0 Å². The van der Waals surface area contributed by atoms with Gasteiger partial charge in [-0.15, -0.1) is 0 Å². The maximum atomic E-state index is 4.36. The summed E-state index contributed by atoms with van der Waals surface area (Å²) in [5.41, 5.74) is 1.55. The molecule has 17 heavy (non-hydrogen) atoms. The van der Waals surface area contributed by atoms with Crippen LogP contribution in [-0.4, -0.2) is 0 Å². The first-order chi connectivity index (χ1) is 8.31. The van der Waals surface area contributed by atoms with Gasteiger partial charge < -0.3 is 0 Å². The minimum atomic E-state index is 0.834. The lowest BCUT2D eigenvalue weighted by Crippen LogP contribution is -2.09. The molecule has 0 aromatic heterocycles. The van der Waals surface area contributed by atoms with Crippen molar-refractivity contribution in [1.82, 2.24) is 0 Å². The van der Waals surface area contributed by atoms with Gasteiger partial charge in [0, 0.05) is 0 Å². The SMILES string of the molecule is C=C(CCCCCCCC)C1CC2C=CC1C2. The fourth-order valence-corrected chi connectivity index (χ4v) is 3.57. The number of hydrogen-bond acceptors (Lipinski definition) is 0. The molecule has 2 aliphatic rings. The molecule has 0 aliphatic heterocycles. The Labute approximate surface area is 107 Å². The number of unbranched alkanes of at least 4 members (excludes halogenated alkanes) is 5. The topological polar surface area (TPSA) is 0 Å². The fourth-order valence-electron chi connectivity index (χ4n) is 3.57. The number of rotatable bonds is 8. The minimum absolute atomic E-state index is 0.834. The quantitative estimate of drug-likeness (QED) is 0.382. The molecule has 0 spiro atoms. The van der Waals surface area contributed by atoms with E-state index in [1.54, 1.807) is 5.57 Å². The summed E-state index contributed by atoms with van der Waals surface area (Å²) in [4.78, 5) is 0. The van der Waals surface area contributed by atoms with Gasteiger partial charge in [0.15, 0.2) is 0 Å². The van der Waals surface area contributed by atoms with Crippen LogP contribution in [0.1, 0.15) is 64.7 Å². The van der Waals surface area contributed by atoms with Crippen molar-refractivity contribution >= 4 is 0 Å². The normalized spacial score (nSPS) is 30.1. The average Bonchev–Trinajstić information content (AvgIpc) is 2.95. The summed E-state index contributed by atoms with van der Waals surface area (Å²) in [7, 11) is 0. The monoisotopic (exact) mass is 232 g/mol. The molecule has 0 N–H and O–H groups in total. The van der Waals surface area contributed by atoms with Crippen molar-refractivity contribution < 1.29 is 0 Å². The van der Waals surface area contributed by atoms with Crippen molar-refractivity contribution in [2.24, 2.45) is 17.8 Å². The second-order valence-electron chi connectivity index (χ2n) is 6.06. The van der Waals surface area contributed by atoms with Crippen molar-refractivity contribution in [2.75, 3.05) is 0 Å². The van der Waals surface area contributed by atoms with Crippen molar-refractivity contribution in [2.45, 2.75) is 64.7 Å². The maximum Gasteiger partial charge on any atom is -0.0137 e. The first-order valence-electron chi connectivity index (χ1n) is 7.67. The van der Waals surface area contributed by atoms with Gasteiger partial charge >= 0.3 is 0 Å². The summed E-state index contributed by atoms with van der Waals surface area (Å²) in [6.07, 6.45) is 17.4. The van der Waals surface area contributed by atoms with Crippen LogP contribution in [0.5, 0.6) is 0 Å². The van der Waals surface area contributed by atoms with Crippen molar-refractivity contribution in [3.8, 4) is 0 Å². The highest BCUT2D eigenvalue weighted by Gasteiger charge is 2.36. The molecule has 2 rings (SSSR count). The predicted octanol–water partition coefficient (Wildman–Crippen LogP) is 5.51. The summed E-state index contributed by atoms with van der Waals surface area (Å²) in [5, 5.41) is 0. The van der Waals surface area contributed by atoms with Gasteiger partial charge in [0.1, 0.15) is 0 Å². The third kappa shape index (κ3) is 3.47. The van der Waals surface area contributed by atoms with Gasteiger partial charge in [-0.1, -0.05) is 63.3 Å². The summed E-state index contributed by atoms with van der Waals surface area (Å²) < 4.78 is 0. The molecular formula is C17H28. The Morgan fingerprint density at radius 2 is 1.82 bits per heavy atom. The molecule has 3 atom stereocenters. The van der Waals surface area contributed by atoms with Crippen molar-refractivity contribution in [1.29, 1.82) is 0 Å². The maximum absolute atomic E-state index is 4.36. The van der Waals surface area contributed by atoms with Gasteiger partial charge in [0.2, 0.25) is 0 Å². The van der Waals surface area contributed by atoms with Crippen LogP contribution in [0, 0.1) is 17.8 Å². The molecular weight excluding hydrogens is 204 g/mol. The van der Waals surface area contributed by atoms with Crippen LogP contribution in [0.25, 0.3) is 0 Å². The lowest BCUT2D eigenvalue weighted by molar-refractivity contribution is 0.492. The number of allylic oxidation sites excluding steroid dienone is 3. The molecule has 1 saturated carbocycles. The summed E-state index contributed by atoms with van der Waals surface area (Å²) >= 11 is 0. The van der Waals surface area contributed by atoms with Crippen LogP contribution in [0.2, 0.25) is 0 Å². The molecule has 0 aromatic carbocycles. The third-order valence-electron chi connectivity index (χ3n) is 4.65. The van der Waals surface area contributed by atoms with E-state index in [9.17, 15) is 0 Å². The molecule has 2 bridgehead atoms. The van der Waals surface area contributed by atoms with Crippen LogP contribution in [0.15, 0.2) is 24.3 Å². The largest absolute Gasteiger partial charge is 0.0996 e. The zero-order valence-electron chi connectivity index (χ0n) is 11.5. The van der Waals surface area contributed by atoms with Crippen LogP contribution in [0.4, 0.5) is 0 Å². The summed E-state index contributed by atoms with van der Waals surface area (Å²) in [6, 6.07) is 0. The van der Waals surface area contributed by atoms with E-state index in [1.807, 2.05) is 0 Å². The van der Waals surface area contributed by atoms with E-state index in [4.69, 9.17) is 0 Å². The van der Waals surface area contributed by atoms with Crippen molar-refractivity contribution in [3.05, 3.63) is 24.3 Å². The van der Waals surface area contributed by atoms with E-state index in [0.29, 0.717) is 0 Å². The Morgan fingerprint density at radius 1 is 1.06 bits per heavy atom. The molecule has 0 heterocycles. The van der Waals surface area contributed by atoms with Gasteiger partial charge in [0.25, 0.3) is 0 Å². The molecule has 3 unspecified atom stereocenters. The number of hydrogen-bond donors (Lipinski definition) is 0. The van der Waals surface area contributed by atoms with Crippen LogP contribution in [-0.2, 0) is 0 Å². The summed E-state index contributed by atoms with van der Waals surface area (Å²) in [5.74, 6) is 2.58. The molecule has 2 aliphatic carbocycles. The van der Waals surface area contributed by atoms with Crippen molar-refractivity contribution in [3.63, 3.8) is 0 Å². The molecule has 0 radical (unpaired) electrons. The van der Waals surface area contributed by atoms with E-state index < -0.39 is 0 Å². The van der Waals surface area contributed by atoms with Gasteiger partial charge in [-0.25, -0.2) is 0 Å². The molecule has 0 aromatic rings. The van der Waals surface area contributed by atoms with Crippen LogP contribution in [0.3, 0.4) is 0 Å². The standard InChI is InChI=1S/C17H28/c1-3-4-5-6-7-8-9-14(2)17-13-15-10-11-16(17)12-15/h10-11,15-17H,2-9,12-13H2,1H3. The molecule has 1 fully saturated rings. The zero-order chi connectivity index (χ0) is 12.1. The first kappa shape index (κ1) is 12.9. The van der Waals surface area contributed by atoms with Crippen LogP contribution < -0.4 is 0 Å².